The van der Waals surface area contributed by atoms with E-state index in [9.17, 15) is 9.59 Å². The molecule has 0 bridgehead atoms. The molecule has 3 heterocycles. The lowest BCUT2D eigenvalue weighted by atomic mass is 10.1. The topological polar surface area (TPSA) is 126 Å². The minimum atomic E-state index is -0.684. The van der Waals surface area contributed by atoms with Crippen LogP contribution in [0.15, 0.2) is 36.9 Å². The van der Waals surface area contributed by atoms with E-state index in [4.69, 9.17) is 20.9 Å². The Balaban J connectivity index is 1.63. The quantitative estimate of drug-likeness (QED) is 0.732. The van der Waals surface area contributed by atoms with Gasteiger partial charge in [0.15, 0.2) is 17.6 Å². The zero-order valence-corrected chi connectivity index (χ0v) is 15.9. The number of primary amides is 1. The first-order valence-corrected chi connectivity index (χ1v) is 9.47. The van der Waals surface area contributed by atoms with Gasteiger partial charge in [-0.05, 0) is 31.1 Å². The lowest BCUT2D eigenvalue weighted by molar-refractivity contribution is -0.127. The molecule has 1 saturated heterocycles. The Morgan fingerprint density at radius 1 is 1.31 bits per heavy atom. The van der Waals surface area contributed by atoms with E-state index in [-0.39, 0.29) is 29.9 Å². The number of fused-ring (bicyclic) bond motifs is 1. The zero-order valence-electron chi connectivity index (χ0n) is 15.9. The minimum absolute atomic E-state index is 0.0828. The smallest absolute Gasteiger partial charge is 0.254 e. The molecule has 0 radical (unpaired) electrons. The van der Waals surface area contributed by atoms with E-state index in [1.54, 1.807) is 17.0 Å². The molecule has 2 atom stereocenters. The number of hydrogen-bond donors (Lipinski definition) is 2. The second-order valence-corrected chi connectivity index (χ2v) is 7.09. The van der Waals surface area contributed by atoms with Crippen LogP contribution in [0.4, 0.5) is 5.82 Å². The minimum Gasteiger partial charge on any atom is -0.485 e. The van der Waals surface area contributed by atoms with Crippen LogP contribution in [0.5, 0.6) is 11.5 Å². The number of aromatic nitrogens is 2. The van der Waals surface area contributed by atoms with Gasteiger partial charge in [0, 0.05) is 6.54 Å². The van der Waals surface area contributed by atoms with Crippen LogP contribution >= 0.6 is 0 Å². The fourth-order valence-corrected chi connectivity index (χ4v) is 3.90. The van der Waals surface area contributed by atoms with E-state index >= 15 is 0 Å². The van der Waals surface area contributed by atoms with Gasteiger partial charge in [0.2, 0.25) is 5.91 Å². The highest BCUT2D eigenvalue weighted by molar-refractivity contribution is 5.98. The summed E-state index contributed by atoms with van der Waals surface area (Å²) in [6.07, 6.45) is 2.38. The number of benzene rings is 1. The number of nitrogens with two attached hydrogens (primary N) is 2. The van der Waals surface area contributed by atoms with Crippen LogP contribution in [-0.2, 0) is 11.3 Å². The number of rotatable bonds is 5. The van der Waals surface area contributed by atoms with Crippen molar-refractivity contribution in [2.45, 2.75) is 31.5 Å². The number of likely N-dealkylation sites (tertiary alicyclic amines) is 1. The van der Waals surface area contributed by atoms with E-state index in [1.807, 2.05) is 12.1 Å². The molecule has 1 unspecified atom stereocenters. The fourth-order valence-electron chi connectivity index (χ4n) is 3.90. The average molecular weight is 397 g/mol. The molecule has 1 aromatic heterocycles. The Labute approximate surface area is 167 Å². The lowest BCUT2D eigenvalue weighted by Gasteiger charge is -2.25. The summed E-state index contributed by atoms with van der Waals surface area (Å²) in [7, 11) is 0. The van der Waals surface area contributed by atoms with Crippen molar-refractivity contribution in [2.24, 2.45) is 5.73 Å². The maximum atomic E-state index is 12.1. The molecule has 2 amide bonds. The molecule has 4 rings (SSSR count). The molecule has 0 saturated carbocycles. The van der Waals surface area contributed by atoms with Crippen molar-refractivity contribution in [3.05, 3.63) is 48.2 Å². The largest absolute Gasteiger partial charge is 0.485 e. The molecule has 4 N–H and O–H groups in total. The third kappa shape index (κ3) is 3.39. The van der Waals surface area contributed by atoms with Gasteiger partial charge in [-0.3, -0.25) is 9.59 Å². The number of ether oxygens (including phenoxy) is 2. The normalized spacial score (nSPS) is 20.5. The number of para-hydroxylation sites is 2. The van der Waals surface area contributed by atoms with Crippen LogP contribution in [0.3, 0.4) is 0 Å². The van der Waals surface area contributed by atoms with E-state index in [0.717, 1.165) is 12.8 Å². The first kappa shape index (κ1) is 18.9. The SMILES string of the molecule is C=CC(=O)N1CCC[C@H]1Cn1nc(C2COc3ccccc3O2)c(C(N)=O)c1N. The highest BCUT2D eigenvalue weighted by atomic mass is 16.6. The molecule has 1 aromatic carbocycles. The Hall–Kier alpha value is -3.49. The van der Waals surface area contributed by atoms with Gasteiger partial charge in [-0.1, -0.05) is 18.7 Å². The van der Waals surface area contributed by atoms with Gasteiger partial charge >= 0.3 is 0 Å². The molecule has 0 spiro atoms. The van der Waals surface area contributed by atoms with Gasteiger partial charge in [0.1, 0.15) is 23.7 Å². The maximum Gasteiger partial charge on any atom is 0.254 e. The number of nitrogens with zero attached hydrogens (tertiary/aromatic N) is 3. The van der Waals surface area contributed by atoms with Crippen molar-refractivity contribution in [3.8, 4) is 11.5 Å². The van der Waals surface area contributed by atoms with Crippen molar-refractivity contribution in [1.29, 1.82) is 0 Å². The standard InChI is InChI=1S/C20H23N5O4/c1-2-16(26)24-9-5-6-12(24)10-25-19(21)17(20(22)27)18(23-25)15-11-28-13-7-3-4-8-14(13)29-15/h2-4,7-8,12,15H,1,5-6,9-11,21H2,(H2,22,27)/t12-,15?/m0/s1. The summed E-state index contributed by atoms with van der Waals surface area (Å²) < 4.78 is 13.2. The number of carbonyl (C=O) groups is 2. The van der Waals surface area contributed by atoms with Crippen LogP contribution < -0.4 is 20.9 Å². The Morgan fingerprint density at radius 3 is 2.79 bits per heavy atom. The third-order valence-electron chi connectivity index (χ3n) is 5.30. The van der Waals surface area contributed by atoms with Gasteiger partial charge in [-0.2, -0.15) is 5.10 Å². The van der Waals surface area contributed by atoms with Crippen LogP contribution in [-0.4, -0.2) is 45.7 Å². The summed E-state index contributed by atoms with van der Waals surface area (Å²) in [5, 5.41) is 4.53. The first-order chi connectivity index (χ1) is 14.0. The van der Waals surface area contributed by atoms with E-state index in [2.05, 4.69) is 11.7 Å². The van der Waals surface area contributed by atoms with E-state index in [0.29, 0.717) is 30.3 Å². The van der Waals surface area contributed by atoms with Gasteiger partial charge < -0.3 is 25.8 Å². The Kier molecular flexibility index (Phi) is 4.87. The molecule has 9 nitrogen and oxygen atoms in total. The molecular weight excluding hydrogens is 374 g/mol. The van der Waals surface area contributed by atoms with Gasteiger partial charge in [-0.25, -0.2) is 4.68 Å². The number of anilines is 1. The Bertz CT molecular complexity index is 970. The highest BCUT2D eigenvalue weighted by Crippen LogP contribution is 2.37. The second-order valence-electron chi connectivity index (χ2n) is 7.09. The van der Waals surface area contributed by atoms with Crippen molar-refractivity contribution in [2.75, 3.05) is 18.9 Å². The molecule has 1 fully saturated rings. The van der Waals surface area contributed by atoms with Gasteiger partial charge in [0.05, 0.1) is 12.6 Å². The molecule has 2 aromatic rings. The summed E-state index contributed by atoms with van der Waals surface area (Å²) in [6.45, 7) is 4.75. The summed E-state index contributed by atoms with van der Waals surface area (Å²) in [4.78, 5) is 25.9. The molecule has 0 aliphatic carbocycles. The predicted molar refractivity (Wildman–Crippen MR) is 105 cm³/mol. The van der Waals surface area contributed by atoms with Crippen molar-refractivity contribution in [1.82, 2.24) is 14.7 Å². The average Bonchev–Trinajstić information content (AvgIpc) is 3.32. The van der Waals surface area contributed by atoms with Crippen LogP contribution in [0.1, 0.15) is 35.0 Å². The summed E-state index contributed by atoms with van der Waals surface area (Å²) in [6, 6.07) is 7.18. The van der Waals surface area contributed by atoms with Gasteiger partial charge in [0.25, 0.3) is 5.91 Å². The predicted octanol–water partition coefficient (Wildman–Crippen LogP) is 1.25. The molecule has 9 heteroatoms. The third-order valence-corrected chi connectivity index (χ3v) is 5.30. The molecule has 29 heavy (non-hydrogen) atoms. The Morgan fingerprint density at radius 2 is 2.07 bits per heavy atom. The van der Waals surface area contributed by atoms with Crippen LogP contribution in [0, 0.1) is 0 Å². The molecular formula is C20H23N5O4. The molecule has 152 valence electrons. The number of amides is 2. The zero-order chi connectivity index (χ0) is 20.5. The summed E-state index contributed by atoms with van der Waals surface area (Å²) in [5.74, 6) is 0.533. The highest BCUT2D eigenvalue weighted by Gasteiger charge is 2.34. The van der Waals surface area contributed by atoms with Crippen molar-refractivity contribution in [3.63, 3.8) is 0 Å². The molecule has 2 aliphatic heterocycles. The van der Waals surface area contributed by atoms with Crippen molar-refractivity contribution < 1.29 is 19.1 Å². The van der Waals surface area contributed by atoms with Crippen molar-refractivity contribution >= 4 is 17.6 Å². The van der Waals surface area contributed by atoms with Gasteiger partial charge in [-0.15, -0.1) is 0 Å². The van der Waals surface area contributed by atoms with E-state index < -0.39 is 12.0 Å². The number of hydrogen-bond acceptors (Lipinski definition) is 6. The lowest BCUT2D eigenvalue weighted by Crippen LogP contribution is -2.37. The fraction of sp³-hybridized carbons (Fsp3) is 0.350. The number of nitrogen functional groups attached to an aromatic ring is 1. The molecule has 2 aliphatic rings. The maximum absolute atomic E-state index is 12.1. The summed E-state index contributed by atoms with van der Waals surface area (Å²) in [5.41, 5.74) is 12.3. The monoisotopic (exact) mass is 397 g/mol. The first-order valence-electron chi connectivity index (χ1n) is 9.47. The van der Waals surface area contributed by atoms with E-state index in [1.165, 1.54) is 10.8 Å². The number of carbonyl (C=O) groups excluding carboxylic acids is 2. The second kappa shape index (κ2) is 7.50. The summed E-state index contributed by atoms with van der Waals surface area (Å²) >= 11 is 0. The van der Waals surface area contributed by atoms with Crippen LogP contribution in [0.25, 0.3) is 0 Å². The van der Waals surface area contributed by atoms with Crippen LogP contribution in [0.2, 0.25) is 0 Å².